The third-order valence-corrected chi connectivity index (χ3v) is 5.40. The van der Waals surface area contributed by atoms with E-state index in [-0.39, 0.29) is 30.1 Å². The standard InChI is InChI=1S/C20H30N4O3.HI/c1-2-21-20(23-11-17-12-24-9-3-4-16(24)13-25-17)22-8-7-15-5-6-18-19(10-15)27-14-26-18;/h5-6,10,16-17H,2-4,7-9,11-14H2,1H3,(H2,21,22,23);1H. The smallest absolute Gasteiger partial charge is 0.231 e. The normalized spacial score (nSPS) is 23.8. The molecule has 0 aromatic heterocycles. The number of ether oxygens (including phenoxy) is 3. The van der Waals surface area contributed by atoms with Crippen LogP contribution in [-0.2, 0) is 11.2 Å². The third kappa shape index (κ3) is 5.42. The Kier molecular flexibility index (Phi) is 8.04. The molecule has 156 valence electrons. The van der Waals surface area contributed by atoms with Crippen molar-refractivity contribution in [1.82, 2.24) is 15.5 Å². The second-order valence-corrected chi connectivity index (χ2v) is 7.33. The second kappa shape index (κ2) is 10.5. The molecule has 2 atom stereocenters. The van der Waals surface area contributed by atoms with Gasteiger partial charge in [0.25, 0.3) is 0 Å². The monoisotopic (exact) mass is 502 g/mol. The Morgan fingerprint density at radius 3 is 3.04 bits per heavy atom. The van der Waals surface area contributed by atoms with Gasteiger partial charge in [-0.05, 0) is 50.4 Å². The fourth-order valence-electron chi connectivity index (χ4n) is 3.95. The summed E-state index contributed by atoms with van der Waals surface area (Å²) in [6.07, 6.45) is 3.67. The molecule has 0 radical (unpaired) electrons. The summed E-state index contributed by atoms with van der Waals surface area (Å²) in [4.78, 5) is 7.30. The van der Waals surface area contributed by atoms with E-state index in [2.05, 4.69) is 34.6 Å². The van der Waals surface area contributed by atoms with E-state index in [1.165, 1.54) is 24.9 Å². The van der Waals surface area contributed by atoms with Gasteiger partial charge in [0.2, 0.25) is 6.79 Å². The van der Waals surface area contributed by atoms with Crippen molar-refractivity contribution in [3.8, 4) is 11.5 Å². The average molecular weight is 502 g/mol. The highest BCUT2D eigenvalue weighted by Crippen LogP contribution is 2.32. The highest BCUT2D eigenvalue weighted by molar-refractivity contribution is 14.0. The Balaban J connectivity index is 0.00000225. The van der Waals surface area contributed by atoms with E-state index in [1.54, 1.807) is 0 Å². The maximum atomic E-state index is 6.01. The molecule has 0 aliphatic carbocycles. The van der Waals surface area contributed by atoms with E-state index in [0.717, 1.165) is 50.1 Å². The zero-order valence-corrected chi connectivity index (χ0v) is 18.8. The zero-order chi connectivity index (χ0) is 18.5. The number of aliphatic imine (C=N–C) groups is 1. The molecule has 2 fully saturated rings. The predicted molar refractivity (Wildman–Crippen MR) is 120 cm³/mol. The van der Waals surface area contributed by atoms with Crippen LogP contribution in [-0.4, -0.2) is 69.1 Å². The number of guanidine groups is 1. The van der Waals surface area contributed by atoms with Crippen LogP contribution in [0.4, 0.5) is 0 Å². The Morgan fingerprint density at radius 2 is 2.14 bits per heavy atom. The molecular weight excluding hydrogens is 471 g/mol. The van der Waals surface area contributed by atoms with Gasteiger partial charge in [-0.1, -0.05) is 6.07 Å². The van der Waals surface area contributed by atoms with Crippen LogP contribution in [0.2, 0.25) is 0 Å². The average Bonchev–Trinajstić information content (AvgIpc) is 3.34. The van der Waals surface area contributed by atoms with Crippen molar-refractivity contribution in [1.29, 1.82) is 0 Å². The Labute approximate surface area is 184 Å². The lowest BCUT2D eigenvalue weighted by molar-refractivity contribution is -0.0432. The SMILES string of the molecule is CCNC(=NCC1CN2CCCC2CO1)NCCc1ccc2c(c1)OCO2.I. The minimum absolute atomic E-state index is 0. The first-order chi connectivity index (χ1) is 13.3. The quantitative estimate of drug-likeness (QED) is 0.353. The predicted octanol–water partition coefficient (Wildman–Crippen LogP) is 1.99. The molecule has 3 heterocycles. The van der Waals surface area contributed by atoms with Crippen LogP contribution in [0.25, 0.3) is 0 Å². The van der Waals surface area contributed by atoms with Gasteiger partial charge in [0.1, 0.15) is 0 Å². The summed E-state index contributed by atoms with van der Waals surface area (Å²) < 4.78 is 16.8. The van der Waals surface area contributed by atoms with Gasteiger partial charge in [0.05, 0.1) is 19.3 Å². The summed E-state index contributed by atoms with van der Waals surface area (Å²) in [5.74, 6) is 2.52. The molecule has 0 amide bonds. The second-order valence-electron chi connectivity index (χ2n) is 7.33. The summed E-state index contributed by atoms with van der Waals surface area (Å²) in [7, 11) is 0. The summed E-state index contributed by atoms with van der Waals surface area (Å²) >= 11 is 0. The molecule has 1 aromatic rings. The Morgan fingerprint density at radius 1 is 1.25 bits per heavy atom. The van der Waals surface area contributed by atoms with E-state index in [9.17, 15) is 0 Å². The highest BCUT2D eigenvalue weighted by atomic mass is 127. The number of hydrogen-bond acceptors (Lipinski definition) is 5. The van der Waals surface area contributed by atoms with Crippen molar-refractivity contribution in [3.63, 3.8) is 0 Å². The first kappa shape index (κ1) is 21.4. The number of nitrogens with zero attached hydrogens (tertiary/aromatic N) is 2. The maximum Gasteiger partial charge on any atom is 0.231 e. The van der Waals surface area contributed by atoms with Crippen molar-refractivity contribution in [2.24, 2.45) is 4.99 Å². The molecule has 4 rings (SSSR count). The third-order valence-electron chi connectivity index (χ3n) is 5.40. The van der Waals surface area contributed by atoms with Crippen LogP contribution in [0, 0.1) is 0 Å². The molecule has 0 spiro atoms. The lowest BCUT2D eigenvalue weighted by atomic mass is 10.1. The van der Waals surface area contributed by atoms with Gasteiger partial charge in [-0.3, -0.25) is 9.89 Å². The van der Waals surface area contributed by atoms with Crippen LogP contribution in [0.3, 0.4) is 0 Å². The Bertz CT molecular complexity index is 673. The fourth-order valence-corrected chi connectivity index (χ4v) is 3.95. The molecular formula is C20H31IN4O3. The number of halogens is 1. The number of nitrogens with one attached hydrogen (secondary N) is 2. The van der Waals surface area contributed by atoms with Crippen molar-refractivity contribution in [2.75, 3.05) is 46.1 Å². The van der Waals surface area contributed by atoms with Crippen LogP contribution in [0.15, 0.2) is 23.2 Å². The number of fused-ring (bicyclic) bond motifs is 2. The first-order valence-electron chi connectivity index (χ1n) is 10.1. The number of morpholine rings is 1. The van der Waals surface area contributed by atoms with E-state index in [0.29, 0.717) is 19.4 Å². The molecule has 0 bridgehead atoms. The molecule has 8 heteroatoms. The molecule has 2 N–H and O–H groups in total. The van der Waals surface area contributed by atoms with Gasteiger partial charge in [-0.2, -0.15) is 0 Å². The van der Waals surface area contributed by atoms with E-state index in [4.69, 9.17) is 19.2 Å². The lowest BCUT2D eigenvalue weighted by Crippen LogP contribution is -2.47. The molecule has 28 heavy (non-hydrogen) atoms. The Hall–Kier alpha value is -1.26. The van der Waals surface area contributed by atoms with Gasteiger partial charge in [0, 0.05) is 25.7 Å². The van der Waals surface area contributed by atoms with Crippen molar-refractivity contribution in [2.45, 2.75) is 38.3 Å². The number of rotatable bonds is 6. The topological polar surface area (TPSA) is 67.4 Å². The molecule has 1 aromatic carbocycles. The summed E-state index contributed by atoms with van der Waals surface area (Å²) in [5, 5.41) is 6.74. The largest absolute Gasteiger partial charge is 0.454 e. The van der Waals surface area contributed by atoms with E-state index in [1.807, 2.05) is 6.07 Å². The molecule has 3 aliphatic rings. The van der Waals surface area contributed by atoms with Crippen LogP contribution in [0.1, 0.15) is 25.3 Å². The molecule has 0 saturated carbocycles. The van der Waals surface area contributed by atoms with Crippen molar-refractivity contribution in [3.05, 3.63) is 23.8 Å². The highest BCUT2D eigenvalue weighted by Gasteiger charge is 2.31. The molecule has 2 saturated heterocycles. The minimum atomic E-state index is 0. The molecule has 7 nitrogen and oxygen atoms in total. The van der Waals surface area contributed by atoms with Crippen LogP contribution >= 0.6 is 24.0 Å². The summed E-state index contributed by atoms with van der Waals surface area (Å²) in [5.41, 5.74) is 1.22. The van der Waals surface area contributed by atoms with Gasteiger partial charge >= 0.3 is 0 Å². The first-order valence-corrected chi connectivity index (χ1v) is 10.1. The van der Waals surface area contributed by atoms with E-state index < -0.39 is 0 Å². The minimum Gasteiger partial charge on any atom is -0.454 e. The van der Waals surface area contributed by atoms with E-state index >= 15 is 0 Å². The number of hydrogen-bond donors (Lipinski definition) is 2. The van der Waals surface area contributed by atoms with Crippen molar-refractivity contribution >= 4 is 29.9 Å². The van der Waals surface area contributed by atoms with Gasteiger partial charge < -0.3 is 24.8 Å². The van der Waals surface area contributed by atoms with Crippen molar-refractivity contribution < 1.29 is 14.2 Å². The molecule has 3 aliphatic heterocycles. The van der Waals surface area contributed by atoms with Gasteiger partial charge in [-0.25, -0.2) is 0 Å². The van der Waals surface area contributed by atoms with Crippen LogP contribution < -0.4 is 20.1 Å². The summed E-state index contributed by atoms with van der Waals surface area (Å²) in [6, 6.07) is 6.75. The van der Waals surface area contributed by atoms with Gasteiger partial charge in [0.15, 0.2) is 17.5 Å². The number of benzene rings is 1. The maximum absolute atomic E-state index is 6.01. The van der Waals surface area contributed by atoms with Gasteiger partial charge in [-0.15, -0.1) is 24.0 Å². The zero-order valence-electron chi connectivity index (χ0n) is 16.5. The fraction of sp³-hybridized carbons (Fsp3) is 0.650. The van der Waals surface area contributed by atoms with Crippen LogP contribution in [0.5, 0.6) is 11.5 Å². The summed E-state index contributed by atoms with van der Waals surface area (Å²) in [6.45, 7) is 7.82. The lowest BCUT2D eigenvalue weighted by Gasteiger charge is -2.34. The molecule has 2 unspecified atom stereocenters.